The Labute approximate surface area is 102 Å². The molecule has 17 heavy (non-hydrogen) atoms. The van der Waals surface area contributed by atoms with E-state index in [1.165, 1.54) is 38.2 Å². The molecule has 0 unspecified atom stereocenters. The second-order valence-corrected chi connectivity index (χ2v) is 4.95. The maximum Gasteiger partial charge on any atom is 0.165 e. The van der Waals surface area contributed by atoms with Crippen LogP contribution in [0.3, 0.4) is 0 Å². The fraction of sp³-hybridized carbons (Fsp3) is 0.571. The third-order valence-corrected chi connectivity index (χ3v) is 3.69. The predicted molar refractivity (Wildman–Crippen MR) is 66.4 cm³/mol. The summed E-state index contributed by atoms with van der Waals surface area (Å²) in [5.41, 5.74) is 0.679. The molecular formula is C14H20FNO. The van der Waals surface area contributed by atoms with Crippen LogP contribution in [0, 0.1) is 5.82 Å². The molecule has 0 spiro atoms. The molecule has 3 heteroatoms. The smallest absolute Gasteiger partial charge is 0.165 e. The van der Waals surface area contributed by atoms with Crippen LogP contribution in [0.5, 0.6) is 5.75 Å². The summed E-state index contributed by atoms with van der Waals surface area (Å²) in [7, 11) is 2.06. The van der Waals surface area contributed by atoms with Crippen molar-refractivity contribution < 1.29 is 9.50 Å². The molecule has 0 aliphatic heterocycles. The second kappa shape index (κ2) is 5.50. The highest BCUT2D eigenvalue weighted by molar-refractivity contribution is 5.33. The van der Waals surface area contributed by atoms with E-state index in [0.717, 1.165) is 0 Å². The maximum atomic E-state index is 13.2. The van der Waals surface area contributed by atoms with E-state index in [0.29, 0.717) is 18.2 Å². The monoisotopic (exact) mass is 237 g/mol. The molecule has 0 amide bonds. The van der Waals surface area contributed by atoms with Crippen LogP contribution in [-0.2, 0) is 6.54 Å². The number of rotatable bonds is 3. The summed E-state index contributed by atoms with van der Waals surface area (Å²) in [6, 6.07) is 5.31. The Bertz CT molecular complexity index is 374. The van der Waals surface area contributed by atoms with Gasteiger partial charge in [-0.15, -0.1) is 0 Å². The number of hydrogen-bond donors (Lipinski definition) is 1. The van der Waals surface area contributed by atoms with Gasteiger partial charge in [-0.3, -0.25) is 4.90 Å². The first-order chi connectivity index (χ1) is 8.18. The number of phenols is 1. The Balaban J connectivity index is 2.01. The summed E-state index contributed by atoms with van der Waals surface area (Å²) < 4.78 is 13.2. The summed E-state index contributed by atoms with van der Waals surface area (Å²) in [5.74, 6) is -0.727. The second-order valence-electron chi connectivity index (χ2n) is 4.95. The standard InChI is InChI=1S/C14H20FNO/c1-16(12-7-3-2-4-8-12)10-11-6-5-9-13(15)14(11)17/h5-6,9,12,17H,2-4,7-8,10H2,1H3. The Hall–Kier alpha value is -1.09. The minimum atomic E-state index is -0.528. The lowest BCUT2D eigenvalue weighted by molar-refractivity contribution is 0.182. The number of nitrogens with zero attached hydrogens (tertiary/aromatic N) is 1. The van der Waals surface area contributed by atoms with Gasteiger partial charge in [0, 0.05) is 18.2 Å². The molecule has 0 saturated heterocycles. The summed E-state index contributed by atoms with van der Waals surface area (Å²) in [6.45, 7) is 0.619. The van der Waals surface area contributed by atoms with Gasteiger partial charge in [0.1, 0.15) is 0 Å². The molecular weight excluding hydrogens is 217 g/mol. The van der Waals surface area contributed by atoms with E-state index < -0.39 is 5.82 Å². The quantitative estimate of drug-likeness (QED) is 0.872. The number of halogens is 1. The Morgan fingerprint density at radius 1 is 1.29 bits per heavy atom. The van der Waals surface area contributed by atoms with Crippen LogP contribution in [0.2, 0.25) is 0 Å². The highest BCUT2D eigenvalue weighted by Gasteiger charge is 2.19. The van der Waals surface area contributed by atoms with E-state index in [4.69, 9.17) is 0 Å². The number of aromatic hydroxyl groups is 1. The fourth-order valence-corrected chi connectivity index (χ4v) is 2.61. The minimum Gasteiger partial charge on any atom is -0.505 e. The normalized spacial score (nSPS) is 17.6. The van der Waals surface area contributed by atoms with E-state index in [2.05, 4.69) is 11.9 Å². The van der Waals surface area contributed by atoms with Crippen molar-refractivity contribution in [2.24, 2.45) is 0 Å². The highest BCUT2D eigenvalue weighted by atomic mass is 19.1. The minimum absolute atomic E-state index is 0.199. The van der Waals surface area contributed by atoms with E-state index in [1.54, 1.807) is 12.1 Å². The van der Waals surface area contributed by atoms with Crippen LogP contribution in [0.25, 0.3) is 0 Å². The van der Waals surface area contributed by atoms with E-state index in [1.807, 2.05) is 0 Å². The van der Waals surface area contributed by atoms with Crippen LogP contribution in [0.15, 0.2) is 18.2 Å². The summed E-state index contributed by atoms with van der Waals surface area (Å²) in [5, 5.41) is 9.64. The molecule has 1 aromatic carbocycles. The van der Waals surface area contributed by atoms with Crippen LogP contribution in [0.1, 0.15) is 37.7 Å². The third-order valence-electron chi connectivity index (χ3n) is 3.69. The molecule has 2 rings (SSSR count). The summed E-state index contributed by atoms with van der Waals surface area (Å²) in [4.78, 5) is 2.23. The van der Waals surface area contributed by atoms with Crippen molar-refractivity contribution >= 4 is 0 Å². The third kappa shape index (κ3) is 2.97. The molecule has 1 aliphatic rings. The molecule has 1 N–H and O–H groups in total. The van der Waals surface area contributed by atoms with Gasteiger partial charge in [0.2, 0.25) is 0 Å². The van der Waals surface area contributed by atoms with Gasteiger partial charge in [-0.2, -0.15) is 0 Å². The van der Waals surface area contributed by atoms with E-state index >= 15 is 0 Å². The molecule has 0 heterocycles. The molecule has 0 bridgehead atoms. The molecule has 2 nitrogen and oxygen atoms in total. The molecule has 94 valence electrons. The molecule has 0 aromatic heterocycles. The van der Waals surface area contributed by atoms with Crippen molar-refractivity contribution in [2.75, 3.05) is 7.05 Å². The zero-order valence-corrected chi connectivity index (χ0v) is 10.3. The van der Waals surface area contributed by atoms with Gasteiger partial charge in [0.25, 0.3) is 0 Å². The molecule has 1 fully saturated rings. The van der Waals surface area contributed by atoms with Crippen molar-refractivity contribution in [2.45, 2.75) is 44.7 Å². The van der Waals surface area contributed by atoms with Gasteiger partial charge >= 0.3 is 0 Å². The Kier molecular flexibility index (Phi) is 4.00. The number of phenolic OH excluding ortho intramolecular Hbond substituents is 1. The number of benzene rings is 1. The lowest BCUT2D eigenvalue weighted by atomic mass is 9.94. The lowest BCUT2D eigenvalue weighted by Gasteiger charge is -2.31. The fourth-order valence-electron chi connectivity index (χ4n) is 2.61. The summed E-state index contributed by atoms with van der Waals surface area (Å²) >= 11 is 0. The topological polar surface area (TPSA) is 23.5 Å². The van der Waals surface area contributed by atoms with E-state index in [-0.39, 0.29) is 5.75 Å². The zero-order valence-electron chi connectivity index (χ0n) is 10.3. The first-order valence-electron chi connectivity index (χ1n) is 6.35. The Morgan fingerprint density at radius 3 is 2.71 bits per heavy atom. The van der Waals surface area contributed by atoms with Crippen molar-refractivity contribution in [3.05, 3.63) is 29.6 Å². The number of para-hydroxylation sites is 1. The molecule has 1 aromatic rings. The largest absolute Gasteiger partial charge is 0.505 e. The average molecular weight is 237 g/mol. The molecule has 0 radical (unpaired) electrons. The van der Waals surface area contributed by atoms with Gasteiger partial charge in [-0.05, 0) is 26.0 Å². The van der Waals surface area contributed by atoms with Crippen molar-refractivity contribution in [1.29, 1.82) is 0 Å². The summed E-state index contributed by atoms with van der Waals surface area (Å²) in [6.07, 6.45) is 6.32. The van der Waals surface area contributed by atoms with Crippen molar-refractivity contribution in [3.8, 4) is 5.75 Å². The van der Waals surface area contributed by atoms with Gasteiger partial charge in [-0.1, -0.05) is 31.4 Å². The van der Waals surface area contributed by atoms with Gasteiger partial charge < -0.3 is 5.11 Å². The predicted octanol–water partition coefficient (Wildman–Crippen LogP) is 3.30. The lowest BCUT2D eigenvalue weighted by Crippen LogP contribution is -2.32. The number of hydrogen-bond acceptors (Lipinski definition) is 2. The van der Waals surface area contributed by atoms with E-state index in [9.17, 15) is 9.50 Å². The van der Waals surface area contributed by atoms with Crippen molar-refractivity contribution in [3.63, 3.8) is 0 Å². The van der Waals surface area contributed by atoms with Gasteiger partial charge in [0.05, 0.1) is 0 Å². The Morgan fingerprint density at radius 2 is 2.00 bits per heavy atom. The first kappa shape index (κ1) is 12.4. The molecule has 0 atom stereocenters. The van der Waals surface area contributed by atoms with Gasteiger partial charge in [-0.25, -0.2) is 4.39 Å². The zero-order chi connectivity index (χ0) is 12.3. The molecule has 1 aliphatic carbocycles. The highest BCUT2D eigenvalue weighted by Crippen LogP contribution is 2.26. The average Bonchev–Trinajstić information content (AvgIpc) is 2.36. The maximum absolute atomic E-state index is 13.2. The SMILES string of the molecule is CN(Cc1cccc(F)c1O)C1CCCCC1. The van der Waals surface area contributed by atoms with Gasteiger partial charge in [0.15, 0.2) is 11.6 Å². The van der Waals surface area contributed by atoms with Crippen LogP contribution in [0.4, 0.5) is 4.39 Å². The van der Waals surface area contributed by atoms with Crippen LogP contribution in [-0.4, -0.2) is 23.1 Å². The van der Waals surface area contributed by atoms with Crippen LogP contribution < -0.4 is 0 Å². The molecule has 1 saturated carbocycles. The van der Waals surface area contributed by atoms with Crippen LogP contribution >= 0.6 is 0 Å². The van der Waals surface area contributed by atoms with Crippen molar-refractivity contribution in [1.82, 2.24) is 4.90 Å². The first-order valence-corrected chi connectivity index (χ1v) is 6.35.